The summed E-state index contributed by atoms with van der Waals surface area (Å²) >= 11 is 0. The Morgan fingerprint density at radius 2 is 2.16 bits per heavy atom. The molecule has 96 valence electrons. The number of carbonyl (C=O) groups excluding carboxylic acids is 3. The fourth-order valence-electron chi connectivity index (χ4n) is 2.09. The first kappa shape index (κ1) is 11.4. The van der Waals surface area contributed by atoms with E-state index in [0.29, 0.717) is 35.1 Å². The molecule has 0 aliphatic carbocycles. The molecule has 3 amide bonds. The molecule has 0 bridgehead atoms. The van der Waals surface area contributed by atoms with Crippen molar-refractivity contribution in [3.63, 3.8) is 0 Å². The maximum absolute atomic E-state index is 11.7. The maximum atomic E-state index is 11.7. The zero-order valence-electron chi connectivity index (χ0n) is 9.84. The smallest absolute Gasteiger partial charge is 0.296 e. The Bertz CT molecular complexity index is 691. The predicted molar refractivity (Wildman–Crippen MR) is 67.0 cm³/mol. The van der Waals surface area contributed by atoms with Gasteiger partial charge in [0.05, 0.1) is 5.52 Å². The minimum atomic E-state index is -0.443. The number of amides is 3. The maximum Gasteiger partial charge on any atom is 0.328 e. The van der Waals surface area contributed by atoms with Crippen molar-refractivity contribution in [2.75, 3.05) is 11.4 Å². The van der Waals surface area contributed by atoms with E-state index in [9.17, 15) is 14.4 Å². The fraction of sp³-hybridized carbons (Fsp3) is 0.167. The van der Waals surface area contributed by atoms with Gasteiger partial charge in [-0.2, -0.15) is 5.10 Å². The van der Waals surface area contributed by atoms with E-state index < -0.39 is 6.03 Å². The molecule has 3 rings (SSSR count). The minimum absolute atomic E-state index is 0.268. The molecule has 0 atom stereocenters. The van der Waals surface area contributed by atoms with Gasteiger partial charge in [-0.1, -0.05) is 0 Å². The van der Waals surface area contributed by atoms with Gasteiger partial charge < -0.3 is 0 Å². The van der Waals surface area contributed by atoms with Gasteiger partial charge in [-0.25, -0.2) is 4.79 Å². The summed E-state index contributed by atoms with van der Waals surface area (Å²) in [5, 5.41) is 9.58. The third-order valence-electron chi connectivity index (χ3n) is 3.05. The molecule has 1 aromatic heterocycles. The highest BCUT2D eigenvalue weighted by Crippen LogP contribution is 2.23. The van der Waals surface area contributed by atoms with Crippen LogP contribution < -0.4 is 10.2 Å². The summed E-state index contributed by atoms with van der Waals surface area (Å²) in [6.07, 6.45) is 0.963. The van der Waals surface area contributed by atoms with Gasteiger partial charge in [0, 0.05) is 24.0 Å². The molecule has 1 saturated heterocycles. The molecule has 0 saturated carbocycles. The third-order valence-corrected chi connectivity index (χ3v) is 3.05. The normalized spacial score (nSPS) is 15.7. The Balaban J connectivity index is 1.99. The quantitative estimate of drug-likeness (QED) is 0.779. The van der Waals surface area contributed by atoms with Crippen molar-refractivity contribution in [1.29, 1.82) is 0 Å². The van der Waals surface area contributed by atoms with E-state index in [1.165, 1.54) is 4.90 Å². The Morgan fingerprint density at radius 3 is 2.89 bits per heavy atom. The van der Waals surface area contributed by atoms with Crippen LogP contribution in [0.3, 0.4) is 0 Å². The molecule has 0 spiro atoms. The number of benzene rings is 1. The Hall–Kier alpha value is -2.70. The number of H-pyrrole nitrogens is 1. The molecule has 1 aliphatic heterocycles. The second-order valence-corrected chi connectivity index (χ2v) is 4.21. The highest BCUT2D eigenvalue weighted by atomic mass is 16.2. The third kappa shape index (κ3) is 1.85. The van der Waals surface area contributed by atoms with E-state index in [0.717, 1.165) is 0 Å². The first-order valence-electron chi connectivity index (χ1n) is 5.73. The van der Waals surface area contributed by atoms with Gasteiger partial charge in [-0.3, -0.25) is 24.9 Å². The Morgan fingerprint density at radius 1 is 1.32 bits per heavy atom. The predicted octanol–water partition coefficient (Wildman–Crippen LogP) is 0.822. The molecule has 1 aromatic carbocycles. The van der Waals surface area contributed by atoms with Gasteiger partial charge in [0.15, 0.2) is 6.29 Å². The number of anilines is 1. The number of carbonyl (C=O) groups is 3. The number of hydrogen-bond acceptors (Lipinski definition) is 4. The number of aldehydes is 1. The summed E-state index contributed by atoms with van der Waals surface area (Å²) in [6, 6.07) is 4.71. The number of fused-ring (bicyclic) bond motifs is 1. The van der Waals surface area contributed by atoms with Crippen molar-refractivity contribution in [1.82, 2.24) is 15.5 Å². The molecule has 1 aliphatic rings. The Labute approximate surface area is 107 Å². The molecular weight excluding hydrogens is 248 g/mol. The second kappa shape index (κ2) is 4.20. The number of hydrogen-bond donors (Lipinski definition) is 2. The summed E-state index contributed by atoms with van der Waals surface area (Å²) in [6.45, 7) is 0.334. The van der Waals surface area contributed by atoms with E-state index in [1.54, 1.807) is 18.2 Å². The van der Waals surface area contributed by atoms with E-state index >= 15 is 0 Å². The molecule has 2 heterocycles. The van der Waals surface area contributed by atoms with Gasteiger partial charge in [0.1, 0.15) is 5.69 Å². The molecule has 19 heavy (non-hydrogen) atoms. The zero-order valence-corrected chi connectivity index (χ0v) is 9.84. The molecule has 2 N–H and O–H groups in total. The number of urea groups is 1. The molecule has 2 aromatic rings. The first-order valence-corrected chi connectivity index (χ1v) is 5.73. The zero-order chi connectivity index (χ0) is 13.4. The second-order valence-electron chi connectivity index (χ2n) is 4.21. The SMILES string of the molecule is O=Cc1[nH]nc2cc(N3CCC(=O)NC3=O)ccc12. The average molecular weight is 258 g/mol. The van der Waals surface area contributed by atoms with Gasteiger partial charge in [-0.05, 0) is 18.2 Å². The van der Waals surface area contributed by atoms with Crippen LogP contribution in [0.5, 0.6) is 0 Å². The van der Waals surface area contributed by atoms with Crippen LogP contribution in [0.4, 0.5) is 10.5 Å². The molecule has 1 fully saturated rings. The van der Waals surface area contributed by atoms with Crippen molar-refractivity contribution in [3.8, 4) is 0 Å². The van der Waals surface area contributed by atoms with Crippen LogP contribution in [0.2, 0.25) is 0 Å². The highest BCUT2D eigenvalue weighted by molar-refractivity contribution is 6.06. The van der Waals surface area contributed by atoms with Crippen molar-refractivity contribution in [2.24, 2.45) is 0 Å². The van der Waals surface area contributed by atoms with Crippen LogP contribution in [0.25, 0.3) is 10.9 Å². The van der Waals surface area contributed by atoms with Gasteiger partial charge in [-0.15, -0.1) is 0 Å². The lowest BCUT2D eigenvalue weighted by molar-refractivity contribution is -0.120. The first-order chi connectivity index (χ1) is 9.19. The van der Waals surface area contributed by atoms with Crippen LogP contribution in [-0.4, -0.2) is 35.0 Å². The lowest BCUT2D eigenvalue weighted by Gasteiger charge is -2.26. The van der Waals surface area contributed by atoms with Crippen LogP contribution in [0.1, 0.15) is 16.9 Å². The molecule has 0 radical (unpaired) electrons. The van der Waals surface area contributed by atoms with Crippen molar-refractivity contribution in [2.45, 2.75) is 6.42 Å². The summed E-state index contributed by atoms with van der Waals surface area (Å²) in [5.41, 5.74) is 1.64. The number of nitrogens with one attached hydrogen (secondary N) is 2. The number of rotatable bonds is 2. The number of aromatic amines is 1. The molecule has 0 unspecified atom stereocenters. The van der Waals surface area contributed by atoms with Crippen LogP contribution in [0.15, 0.2) is 18.2 Å². The van der Waals surface area contributed by atoms with Crippen molar-refractivity contribution in [3.05, 3.63) is 23.9 Å². The van der Waals surface area contributed by atoms with Gasteiger partial charge in [0.25, 0.3) is 0 Å². The van der Waals surface area contributed by atoms with E-state index in [2.05, 4.69) is 15.5 Å². The van der Waals surface area contributed by atoms with Gasteiger partial charge in [0.2, 0.25) is 5.91 Å². The van der Waals surface area contributed by atoms with E-state index in [-0.39, 0.29) is 12.3 Å². The monoisotopic (exact) mass is 258 g/mol. The van der Waals surface area contributed by atoms with E-state index in [4.69, 9.17) is 0 Å². The number of imide groups is 1. The van der Waals surface area contributed by atoms with Crippen LogP contribution in [0, 0.1) is 0 Å². The van der Waals surface area contributed by atoms with Gasteiger partial charge >= 0.3 is 6.03 Å². The van der Waals surface area contributed by atoms with Crippen molar-refractivity contribution >= 4 is 34.8 Å². The summed E-state index contributed by atoms with van der Waals surface area (Å²) in [5.74, 6) is -0.273. The van der Waals surface area contributed by atoms with Crippen molar-refractivity contribution < 1.29 is 14.4 Å². The minimum Gasteiger partial charge on any atom is -0.296 e. The lowest BCUT2D eigenvalue weighted by atomic mass is 10.1. The number of aromatic nitrogens is 2. The largest absolute Gasteiger partial charge is 0.328 e. The summed E-state index contributed by atoms with van der Waals surface area (Å²) in [4.78, 5) is 35.0. The topological polar surface area (TPSA) is 95.2 Å². The summed E-state index contributed by atoms with van der Waals surface area (Å²) < 4.78 is 0. The average Bonchev–Trinajstić information content (AvgIpc) is 2.80. The van der Waals surface area contributed by atoms with Crippen LogP contribution >= 0.6 is 0 Å². The highest BCUT2D eigenvalue weighted by Gasteiger charge is 2.24. The molecule has 7 heteroatoms. The molecule has 7 nitrogen and oxygen atoms in total. The fourth-order valence-corrected chi connectivity index (χ4v) is 2.09. The standard InChI is InChI=1S/C12H10N4O3/c17-6-10-8-2-1-7(5-9(8)14-15-10)16-4-3-11(18)13-12(16)19/h1-2,5-6H,3-4H2,(H,14,15)(H,13,18,19). The number of nitrogens with zero attached hydrogens (tertiary/aromatic N) is 2. The van der Waals surface area contributed by atoms with E-state index in [1.807, 2.05) is 0 Å². The molecular formula is C12H10N4O3. The van der Waals surface area contributed by atoms with Crippen LogP contribution in [-0.2, 0) is 4.79 Å². The Kier molecular flexibility index (Phi) is 2.52. The summed E-state index contributed by atoms with van der Waals surface area (Å²) in [7, 11) is 0. The lowest BCUT2D eigenvalue weighted by Crippen LogP contribution is -2.49.